The highest BCUT2D eigenvalue weighted by Crippen LogP contribution is 2.13. The fourth-order valence-electron chi connectivity index (χ4n) is 3.21. The summed E-state index contributed by atoms with van der Waals surface area (Å²) in [7, 11) is 0. The van der Waals surface area contributed by atoms with E-state index < -0.39 is 0 Å². The second kappa shape index (κ2) is 8.76. The Morgan fingerprint density at radius 3 is 2.58 bits per heavy atom. The first-order valence-corrected chi connectivity index (χ1v) is 8.87. The molecule has 3 heteroatoms. The number of piperidine rings is 1. The third kappa shape index (κ3) is 5.29. The molecule has 3 rings (SSSR count). The van der Waals surface area contributed by atoms with Crippen LogP contribution >= 0.6 is 0 Å². The zero-order valence-electron chi connectivity index (χ0n) is 14.5. The number of pyridine rings is 1. The van der Waals surface area contributed by atoms with Gasteiger partial charge in [-0.2, -0.15) is 0 Å². The molecule has 0 saturated carbocycles. The van der Waals surface area contributed by atoms with Crippen LogP contribution in [0.1, 0.15) is 31.0 Å². The predicted molar refractivity (Wildman–Crippen MR) is 101 cm³/mol. The SMILES string of the molecule is C/C(=C/c1ccccc1)CNC1CCN(Cc2ccccn2)CC1. The standard InChI is InChI=1S/C21H27N3/c1-18(15-19-7-3-2-4-8-19)16-23-20-10-13-24(14-11-20)17-21-9-5-6-12-22-21/h2-9,12,15,20,23H,10-11,13-14,16-17H2,1H3/b18-15-. The molecule has 1 aromatic heterocycles. The van der Waals surface area contributed by atoms with Crippen molar-refractivity contribution in [3.8, 4) is 0 Å². The summed E-state index contributed by atoms with van der Waals surface area (Å²) >= 11 is 0. The highest BCUT2D eigenvalue weighted by atomic mass is 15.1. The van der Waals surface area contributed by atoms with Gasteiger partial charge in [-0.1, -0.05) is 48.0 Å². The quantitative estimate of drug-likeness (QED) is 0.878. The van der Waals surface area contributed by atoms with Gasteiger partial charge in [0.1, 0.15) is 0 Å². The Morgan fingerprint density at radius 2 is 1.88 bits per heavy atom. The minimum Gasteiger partial charge on any atom is -0.310 e. The molecule has 0 unspecified atom stereocenters. The molecule has 3 nitrogen and oxygen atoms in total. The van der Waals surface area contributed by atoms with Crippen LogP contribution in [-0.4, -0.2) is 35.6 Å². The Hall–Kier alpha value is -1.97. The molecule has 24 heavy (non-hydrogen) atoms. The van der Waals surface area contributed by atoms with Crippen LogP contribution in [0.2, 0.25) is 0 Å². The van der Waals surface area contributed by atoms with Crippen LogP contribution in [0, 0.1) is 0 Å². The molecule has 0 atom stereocenters. The van der Waals surface area contributed by atoms with E-state index in [0.29, 0.717) is 6.04 Å². The van der Waals surface area contributed by atoms with Crippen LogP contribution in [0.3, 0.4) is 0 Å². The minimum absolute atomic E-state index is 0.629. The fourth-order valence-corrected chi connectivity index (χ4v) is 3.21. The molecule has 0 spiro atoms. The number of nitrogens with one attached hydrogen (secondary N) is 1. The van der Waals surface area contributed by atoms with E-state index in [0.717, 1.165) is 26.2 Å². The van der Waals surface area contributed by atoms with Crippen LogP contribution in [-0.2, 0) is 6.54 Å². The summed E-state index contributed by atoms with van der Waals surface area (Å²) in [6.07, 6.45) is 6.57. The third-order valence-corrected chi connectivity index (χ3v) is 4.58. The van der Waals surface area contributed by atoms with E-state index in [1.54, 1.807) is 0 Å². The molecule has 0 aliphatic carbocycles. The smallest absolute Gasteiger partial charge is 0.0543 e. The summed E-state index contributed by atoms with van der Waals surface area (Å²) in [5.74, 6) is 0. The molecule has 2 heterocycles. The summed E-state index contributed by atoms with van der Waals surface area (Å²) in [4.78, 5) is 6.93. The van der Waals surface area contributed by atoms with Gasteiger partial charge in [-0.05, 0) is 37.5 Å². The molecular weight excluding hydrogens is 294 g/mol. The van der Waals surface area contributed by atoms with E-state index in [2.05, 4.69) is 70.7 Å². The average Bonchev–Trinajstić information content (AvgIpc) is 2.63. The molecule has 1 fully saturated rings. The number of benzene rings is 1. The number of hydrogen-bond acceptors (Lipinski definition) is 3. The van der Waals surface area contributed by atoms with Crippen LogP contribution in [0.4, 0.5) is 0 Å². The van der Waals surface area contributed by atoms with Crippen molar-refractivity contribution < 1.29 is 0 Å². The largest absolute Gasteiger partial charge is 0.310 e. The van der Waals surface area contributed by atoms with Crippen molar-refractivity contribution in [2.75, 3.05) is 19.6 Å². The zero-order valence-corrected chi connectivity index (χ0v) is 14.5. The van der Waals surface area contributed by atoms with Crippen LogP contribution in [0.15, 0.2) is 60.3 Å². The average molecular weight is 321 g/mol. The van der Waals surface area contributed by atoms with Crippen LogP contribution in [0.5, 0.6) is 0 Å². The molecule has 1 aromatic carbocycles. The van der Waals surface area contributed by atoms with Crippen molar-refractivity contribution in [2.45, 2.75) is 32.4 Å². The number of rotatable bonds is 6. The second-order valence-corrected chi connectivity index (χ2v) is 6.65. The van der Waals surface area contributed by atoms with Crippen molar-refractivity contribution in [2.24, 2.45) is 0 Å². The van der Waals surface area contributed by atoms with Gasteiger partial charge in [-0.3, -0.25) is 9.88 Å². The lowest BCUT2D eigenvalue weighted by Gasteiger charge is -2.32. The molecule has 2 aromatic rings. The van der Waals surface area contributed by atoms with Gasteiger partial charge >= 0.3 is 0 Å². The van der Waals surface area contributed by atoms with Crippen molar-refractivity contribution >= 4 is 6.08 Å². The Bertz CT molecular complexity index is 629. The summed E-state index contributed by atoms with van der Waals surface area (Å²) < 4.78 is 0. The first kappa shape index (κ1) is 16.9. The molecular formula is C21H27N3. The van der Waals surface area contributed by atoms with Crippen molar-refractivity contribution in [1.82, 2.24) is 15.2 Å². The van der Waals surface area contributed by atoms with E-state index in [4.69, 9.17) is 0 Å². The first-order chi connectivity index (χ1) is 11.8. The van der Waals surface area contributed by atoms with Gasteiger partial charge in [0.25, 0.3) is 0 Å². The van der Waals surface area contributed by atoms with Gasteiger partial charge in [0.05, 0.1) is 5.69 Å². The van der Waals surface area contributed by atoms with Gasteiger partial charge in [0, 0.05) is 38.4 Å². The zero-order chi connectivity index (χ0) is 16.6. The van der Waals surface area contributed by atoms with E-state index in [1.165, 1.54) is 29.7 Å². The van der Waals surface area contributed by atoms with Crippen molar-refractivity contribution in [1.29, 1.82) is 0 Å². The lowest BCUT2D eigenvalue weighted by molar-refractivity contribution is 0.190. The van der Waals surface area contributed by atoms with E-state index in [-0.39, 0.29) is 0 Å². The van der Waals surface area contributed by atoms with E-state index >= 15 is 0 Å². The van der Waals surface area contributed by atoms with Gasteiger partial charge < -0.3 is 5.32 Å². The maximum absolute atomic E-state index is 4.43. The molecule has 1 N–H and O–H groups in total. The van der Waals surface area contributed by atoms with Crippen molar-refractivity contribution in [3.05, 3.63) is 71.6 Å². The Labute approximate surface area is 145 Å². The lowest BCUT2D eigenvalue weighted by Crippen LogP contribution is -2.42. The van der Waals surface area contributed by atoms with Gasteiger partial charge in [-0.15, -0.1) is 0 Å². The summed E-state index contributed by atoms with van der Waals surface area (Å²) in [6.45, 7) is 6.45. The highest BCUT2D eigenvalue weighted by molar-refractivity contribution is 5.52. The summed E-state index contributed by atoms with van der Waals surface area (Å²) in [5.41, 5.74) is 3.84. The topological polar surface area (TPSA) is 28.2 Å². The highest BCUT2D eigenvalue weighted by Gasteiger charge is 2.18. The summed E-state index contributed by atoms with van der Waals surface area (Å²) in [5, 5.41) is 3.72. The first-order valence-electron chi connectivity index (χ1n) is 8.87. The number of likely N-dealkylation sites (tertiary alicyclic amines) is 1. The molecule has 1 aliphatic heterocycles. The number of aromatic nitrogens is 1. The van der Waals surface area contributed by atoms with Crippen LogP contribution in [0.25, 0.3) is 6.08 Å². The Balaban J connectivity index is 1.40. The van der Waals surface area contributed by atoms with Crippen LogP contribution < -0.4 is 5.32 Å². The monoisotopic (exact) mass is 321 g/mol. The van der Waals surface area contributed by atoms with E-state index in [1.807, 2.05) is 12.3 Å². The fraction of sp³-hybridized carbons (Fsp3) is 0.381. The molecule has 1 aliphatic rings. The Kier molecular flexibility index (Phi) is 6.16. The predicted octanol–water partition coefficient (Wildman–Crippen LogP) is 3.74. The van der Waals surface area contributed by atoms with Gasteiger partial charge in [-0.25, -0.2) is 0 Å². The van der Waals surface area contributed by atoms with Gasteiger partial charge in [0.15, 0.2) is 0 Å². The molecule has 0 radical (unpaired) electrons. The normalized spacial score (nSPS) is 17.1. The Morgan fingerprint density at radius 1 is 1.12 bits per heavy atom. The van der Waals surface area contributed by atoms with Crippen molar-refractivity contribution in [3.63, 3.8) is 0 Å². The molecule has 0 bridgehead atoms. The van der Waals surface area contributed by atoms with E-state index in [9.17, 15) is 0 Å². The number of nitrogens with zero attached hydrogens (tertiary/aromatic N) is 2. The van der Waals surface area contributed by atoms with Gasteiger partial charge in [0.2, 0.25) is 0 Å². The third-order valence-electron chi connectivity index (χ3n) is 4.58. The second-order valence-electron chi connectivity index (χ2n) is 6.65. The minimum atomic E-state index is 0.629. The molecule has 1 saturated heterocycles. The lowest BCUT2D eigenvalue weighted by atomic mass is 10.0. The maximum Gasteiger partial charge on any atom is 0.0543 e. The summed E-state index contributed by atoms with van der Waals surface area (Å²) in [6, 6.07) is 17.3. The molecule has 0 amide bonds. The molecule has 126 valence electrons. The maximum atomic E-state index is 4.43. The number of hydrogen-bond donors (Lipinski definition) is 1.